The second kappa shape index (κ2) is 5.95. The van der Waals surface area contributed by atoms with Crippen molar-refractivity contribution in [2.24, 2.45) is 13.0 Å². The third-order valence-corrected chi connectivity index (χ3v) is 3.53. The molecule has 1 N–H and O–H groups in total. The Labute approximate surface area is 122 Å². The Morgan fingerprint density at radius 1 is 1.52 bits per heavy atom. The first-order chi connectivity index (χ1) is 9.95. The van der Waals surface area contributed by atoms with Gasteiger partial charge in [-0.25, -0.2) is 9.37 Å². The lowest BCUT2D eigenvalue weighted by atomic mass is 10.0. The van der Waals surface area contributed by atoms with Gasteiger partial charge in [0.1, 0.15) is 0 Å². The van der Waals surface area contributed by atoms with Crippen LogP contribution in [0.15, 0.2) is 29.3 Å². The number of hydrogen-bond donors (Lipinski definition) is 1. The zero-order chi connectivity index (χ0) is 15.6. The maximum absolute atomic E-state index is 13.8. The monoisotopic (exact) mass is 288 g/mol. The van der Waals surface area contributed by atoms with Crippen LogP contribution >= 0.6 is 0 Å². The van der Waals surface area contributed by atoms with Crippen LogP contribution in [0.5, 0.6) is 0 Å². The quantitative estimate of drug-likeness (QED) is 0.878. The topological polar surface area (TPSA) is 71.6 Å². The summed E-state index contributed by atoms with van der Waals surface area (Å²) in [6, 6.07) is 2.74. The maximum Gasteiger partial charge on any atom is 0.254 e. The van der Waals surface area contributed by atoms with Gasteiger partial charge in [-0.3, -0.25) is 14.3 Å². The van der Waals surface area contributed by atoms with Crippen LogP contribution in [0.2, 0.25) is 0 Å². The fourth-order valence-corrected chi connectivity index (χ4v) is 1.93. The number of pyridine rings is 1. The first-order valence-electron chi connectivity index (χ1n) is 6.72. The molecule has 5 nitrogen and oxygen atoms in total. The van der Waals surface area contributed by atoms with Gasteiger partial charge in [-0.05, 0) is 12.5 Å². The second-order valence-electron chi connectivity index (χ2n) is 4.94. The molecule has 0 amide bonds. The highest BCUT2D eigenvalue weighted by Crippen LogP contribution is 2.19. The highest BCUT2D eigenvalue weighted by atomic mass is 19.1. The summed E-state index contributed by atoms with van der Waals surface area (Å²) in [5.41, 5.74) is 0.384. The molecule has 2 rings (SSSR count). The van der Waals surface area contributed by atoms with Crippen LogP contribution in [0.3, 0.4) is 0 Å². The van der Waals surface area contributed by atoms with Crippen molar-refractivity contribution in [3.63, 3.8) is 0 Å². The molecule has 2 heterocycles. The molecule has 0 aliphatic heterocycles. The summed E-state index contributed by atoms with van der Waals surface area (Å²) in [6.45, 7) is 3.86. The van der Waals surface area contributed by atoms with E-state index in [2.05, 4.69) is 9.97 Å². The van der Waals surface area contributed by atoms with Gasteiger partial charge >= 0.3 is 0 Å². The molecular formula is C15H17FN4O. The molecule has 0 saturated carbocycles. The molecule has 0 saturated heterocycles. The Bertz CT molecular complexity index is 739. The van der Waals surface area contributed by atoms with E-state index in [1.54, 1.807) is 7.05 Å². The Morgan fingerprint density at radius 3 is 2.86 bits per heavy atom. The Morgan fingerprint density at radius 2 is 2.24 bits per heavy atom. The van der Waals surface area contributed by atoms with Gasteiger partial charge in [-0.2, -0.15) is 0 Å². The zero-order valence-corrected chi connectivity index (χ0v) is 12.2. The molecule has 0 bridgehead atoms. The van der Waals surface area contributed by atoms with E-state index in [9.17, 15) is 9.18 Å². The number of nitrogens with one attached hydrogen (secondary N) is 1. The van der Waals surface area contributed by atoms with Crippen LogP contribution in [0, 0.1) is 17.1 Å². The van der Waals surface area contributed by atoms with E-state index in [1.807, 2.05) is 13.8 Å². The fourth-order valence-electron chi connectivity index (χ4n) is 1.93. The summed E-state index contributed by atoms with van der Waals surface area (Å²) in [4.78, 5) is 20.0. The SMILES string of the molecule is CC[C@@H](C)C(=N)c1nc(-c2ccncc2F)cc(=O)n1C. The highest BCUT2D eigenvalue weighted by Gasteiger charge is 2.17. The predicted molar refractivity (Wildman–Crippen MR) is 79.0 cm³/mol. The molecule has 2 aromatic heterocycles. The van der Waals surface area contributed by atoms with Crippen LogP contribution in [0.25, 0.3) is 11.3 Å². The van der Waals surface area contributed by atoms with Crippen molar-refractivity contribution in [1.82, 2.24) is 14.5 Å². The van der Waals surface area contributed by atoms with Crippen LogP contribution < -0.4 is 5.56 Å². The molecule has 0 aromatic carbocycles. The molecule has 0 spiro atoms. The molecule has 2 aromatic rings. The van der Waals surface area contributed by atoms with Gasteiger partial charge in [0, 0.05) is 30.8 Å². The third-order valence-electron chi connectivity index (χ3n) is 3.53. The Kier molecular flexibility index (Phi) is 4.26. The number of halogens is 1. The molecular weight excluding hydrogens is 271 g/mol. The van der Waals surface area contributed by atoms with Crippen molar-refractivity contribution in [3.8, 4) is 11.3 Å². The Hall–Kier alpha value is -2.37. The minimum Gasteiger partial charge on any atom is -0.301 e. The number of nitrogens with zero attached hydrogens (tertiary/aromatic N) is 3. The van der Waals surface area contributed by atoms with E-state index >= 15 is 0 Å². The standard InChI is InChI=1S/C15H17FN4O/c1-4-9(2)14(17)15-19-12(7-13(21)20(15)3)10-5-6-18-8-11(10)16/h5-9,17H,4H2,1-3H3/t9-/m1/s1. The first-order valence-corrected chi connectivity index (χ1v) is 6.72. The molecule has 0 radical (unpaired) electrons. The summed E-state index contributed by atoms with van der Waals surface area (Å²) in [7, 11) is 1.56. The van der Waals surface area contributed by atoms with Crippen LogP contribution in [-0.2, 0) is 7.05 Å². The van der Waals surface area contributed by atoms with Gasteiger partial charge in [0.05, 0.1) is 17.6 Å². The van der Waals surface area contributed by atoms with Gasteiger partial charge < -0.3 is 5.41 Å². The lowest BCUT2D eigenvalue weighted by Gasteiger charge is -2.14. The number of hydrogen-bond acceptors (Lipinski definition) is 4. The predicted octanol–water partition coefficient (Wildman–Crippen LogP) is 2.40. The van der Waals surface area contributed by atoms with Crippen molar-refractivity contribution in [2.75, 3.05) is 0 Å². The van der Waals surface area contributed by atoms with Gasteiger partial charge in [0.25, 0.3) is 5.56 Å². The van der Waals surface area contributed by atoms with Gasteiger partial charge in [0.15, 0.2) is 11.6 Å². The number of rotatable bonds is 4. The van der Waals surface area contributed by atoms with E-state index in [-0.39, 0.29) is 34.3 Å². The molecule has 21 heavy (non-hydrogen) atoms. The summed E-state index contributed by atoms with van der Waals surface area (Å²) in [6.07, 6.45) is 3.29. The Balaban J connectivity index is 2.62. The van der Waals surface area contributed by atoms with E-state index in [1.165, 1.54) is 22.9 Å². The summed E-state index contributed by atoms with van der Waals surface area (Å²) in [5.74, 6) is -0.303. The summed E-state index contributed by atoms with van der Waals surface area (Å²) < 4.78 is 15.1. The second-order valence-corrected chi connectivity index (χ2v) is 4.94. The minimum absolute atomic E-state index is 0.0272. The molecule has 6 heteroatoms. The smallest absolute Gasteiger partial charge is 0.254 e. The lowest BCUT2D eigenvalue weighted by molar-refractivity contribution is 0.624. The molecule has 0 aliphatic rings. The fraction of sp³-hybridized carbons (Fsp3) is 0.333. The van der Waals surface area contributed by atoms with Crippen LogP contribution in [0.1, 0.15) is 26.1 Å². The van der Waals surface area contributed by atoms with Gasteiger partial charge in [0.2, 0.25) is 0 Å². The molecule has 0 aliphatic carbocycles. The summed E-state index contributed by atoms with van der Waals surface area (Å²) in [5, 5.41) is 8.16. The average molecular weight is 288 g/mol. The minimum atomic E-state index is -0.542. The van der Waals surface area contributed by atoms with Gasteiger partial charge in [-0.1, -0.05) is 13.8 Å². The average Bonchev–Trinajstić information content (AvgIpc) is 2.49. The van der Waals surface area contributed by atoms with Crippen molar-refractivity contribution in [1.29, 1.82) is 5.41 Å². The number of aromatic nitrogens is 3. The molecule has 0 fully saturated rings. The van der Waals surface area contributed by atoms with Crippen molar-refractivity contribution < 1.29 is 4.39 Å². The molecule has 1 atom stereocenters. The van der Waals surface area contributed by atoms with E-state index in [4.69, 9.17) is 5.41 Å². The lowest BCUT2D eigenvalue weighted by Crippen LogP contribution is -2.27. The van der Waals surface area contributed by atoms with Crippen molar-refractivity contribution in [2.45, 2.75) is 20.3 Å². The molecule has 0 unspecified atom stereocenters. The van der Waals surface area contributed by atoms with Crippen molar-refractivity contribution >= 4 is 5.71 Å². The van der Waals surface area contributed by atoms with E-state index in [0.29, 0.717) is 0 Å². The van der Waals surface area contributed by atoms with E-state index in [0.717, 1.165) is 12.6 Å². The van der Waals surface area contributed by atoms with E-state index < -0.39 is 5.82 Å². The van der Waals surface area contributed by atoms with Crippen LogP contribution in [-0.4, -0.2) is 20.2 Å². The van der Waals surface area contributed by atoms with Gasteiger partial charge in [-0.15, -0.1) is 0 Å². The normalized spacial score (nSPS) is 12.2. The molecule has 110 valence electrons. The maximum atomic E-state index is 13.8. The highest BCUT2D eigenvalue weighted by molar-refractivity contribution is 5.97. The third kappa shape index (κ3) is 2.89. The van der Waals surface area contributed by atoms with Crippen molar-refractivity contribution in [3.05, 3.63) is 46.5 Å². The first kappa shape index (κ1) is 15.0. The largest absolute Gasteiger partial charge is 0.301 e. The zero-order valence-electron chi connectivity index (χ0n) is 12.2. The summed E-state index contributed by atoms with van der Waals surface area (Å²) >= 11 is 0. The van der Waals surface area contributed by atoms with Crippen LogP contribution in [0.4, 0.5) is 4.39 Å².